The summed E-state index contributed by atoms with van der Waals surface area (Å²) in [6.07, 6.45) is 1.99. The van der Waals surface area contributed by atoms with Gasteiger partial charge in [0.15, 0.2) is 0 Å². The molecule has 0 atom stereocenters. The van der Waals surface area contributed by atoms with E-state index in [1.54, 1.807) is 6.07 Å². The standard InChI is InChI=1S/C9H7BrN2O3/c10-9-5-8(12(14)15)2-1-7(9)3-4-11-6-13/h1-2,5H,3-4H2. The maximum absolute atomic E-state index is 10.4. The minimum atomic E-state index is -0.460. The largest absolute Gasteiger partial charge is 0.270 e. The monoisotopic (exact) mass is 270 g/mol. The number of aliphatic imine (C=N–C) groups is 1. The summed E-state index contributed by atoms with van der Waals surface area (Å²) in [5.41, 5.74) is 0.907. The molecular weight excluding hydrogens is 264 g/mol. The molecule has 1 aromatic rings. The number of nitrogens with zero attached hydrogens (tertiary/aromatic N) is 2. The van der Waals surface area contributed by atoms with Gasteiger partial charge in [-0.3, -0.25) is 10.1 Å². The van der Waals surface area contributed by atoms with Crippen LogP contribution in [0.25, 0.3) is 0 Å². The Labute approximate surface area is 94.1 Å². The summed E-state index contributed by atoms with van der Waals surface area (Å²) in [5, 5.41) is 10.4. The molecule has 0 amide bonds. The van der Waals surface area contributed by atoms with Crippen LogP contribution in [0.2, 0.25) is 0 Å². The van der Waals surface area contributed by atoms with E-state index in [1.807, 2.05) is 0 Å². The van der Waals surface area contributed by atoms with Crippen molar-refractivity contribution >= 4 is 27.7 Å². The van der Waals surface area contributed by atoms with Gasteiger partial charge >= 0.3 is 0 Å². The van der Waals surface area contributed by atoms with Crippen molar-refractivity contribution in [2.24, 2.45) is 4.99 Å². The number of non-ortho nitro benzene ring substituents is 1. The molecule has 0 bridgehead atoms. The van der Waals surface area contributed by atoms with E-state index >= 15 is 0 Å². The summed E-state index contributed by atoms with van der Waals surface area (Å²) >= 11 is 3.22. The smallest absolute Gasteiger partial charge is 0.258 e. The first kappa shape index (κ1) is 11.6. The van der Waals surface area contributed by atoms with Crippen molar-refractivity contribution in [3.05, 3.63) is 38.3 Å². The molecule has 0 unspecified atom stereocenters. The molecule has 0 saturated heterocycles. The molecule has 0 radical (unpaired) electrons. The van der Waals surface area contributed by atoms with Gasteiger partial charge in [0.2, 0.25) is 6.08 Å². The van der Waals surface area contributed by atoms with Crippen LogP contribution in [0.3, 0.4) is 0 Å². The second kappa shape index (κ2) is 5.38. The van der Waals surface area contributed by atoms with E-state index in [9.17, 15) is 14.9 Å². The average molecular weight is 271 g/mol. The lowest BCUT2D eigenvalue weighted by Crippen LogP contribution is -1.93. The Hall–Kier alpha value is -1.52. The van der Waals surface area contributed by atoms with E-state index in [4.69, 9.17) is 0 Å². The highest BCUT2D eigenvalue weighted by molar-refractivity contribution is 9.10. The van der Waals surface area contributed by atoms with Gasteiger partial charge in [-0.05, 0) is 12.0 Å². The molecule has 0 heterocycles. The fourth-order valence-corrected chi connectivity index (χ4v) is 1.64. The normalized spacial score (nSPS) is 9.40. The molecule has 78 valence electrons. The zero-order valence-electron chi connectivity index (χ0n) is 7.64. The molecule has 1 aromatic carbocycles. The number of benzene rings is 1. The number of carbonyl (C=O) groups excluding carboxylic acids is 1. The van der Waals surface area contributed by atoms with E-state index < -0.39 is 4.92 Å². The van der Waals surface area contributed by atoms with E-state index in [2.05, 4.69) is 20.9 Å². The van der Waals surface area contributed by atoms with Crippen LogP contribution in [0.4, 0.5) is 5.69 Å². The van der Waals surface area contributed by atoms with Gasteiger partial charge in [0.1, 0.15) is 0 Å². The fourth-order valence-electron chi connectivity index (χ4n) is 1.07. The summed E-state index contributed by atoms with van der Waals surface area (Å²) in [7, 11) is 0. The number of hydrogen-bond donors (Lipinski definition) is 0. The minimum absolute atomic E-state index is 0.0320. The quantitative estimate of drug-likeness (QED) is 0.365. The van der Waals surface area contributed by atoms with Crippen molar-refractivity contribution in [2.75, 3.05) is 6.54 Å². The first-order valence-electron chi connectivity index (χ1n) is 4.11. The van der Waals surface area contributed by atoms with E-state index in [-0.39, 0.29) is 5.69 Å². The number of hydrogen-bond acceptors (Lipinski definition) is 4. The predicted octanol–water partition coefficient (Wildman–Crippen LogP) is 2.24. The van der Waals surface area contributed by atoms with Crippen molar-refractivity contribution in [1.29, 1.82) is 0 Å². The topological polar surface area (TPSA) is 72.6 Å². The zero-order valence-corrected chi connectivity index (χ0v) is 9.23. The second-order valence-corrected chi connectivity index (χ2v) is 3.61. The summed E-state index contributed by atoms with van der Waals surface area (Å²) < 4.78 is 0.651. The van der Waals surface area contributed by atoms with Crippen molar-refractivity contribution in [2.45, 2.75) is 6.42 Å². The van der Waals surface area contributed by atoms with Crippen LogP contribution in [0.15, 0.2) is 27.7 Å². The highest BCUT2D eigenvalue weighted by Crippen LogP contribution is 2.23. The molecule has 0 aliphatic carbocycles. The number of rotatable bonds is 4. The summed E-state index contributed by atoms with van der Waals surface area (Å²) in [5.74, 6) is 0. The molecule has 0 saturated carbocycles. The molecule has 6 heteroatoms. The molecule has 5 nitrogen and oxygen atoms in total. The van der Waals surface area contributed by atoms with Gasteiger partial charge in [0.05, 0.1) is 11.5 Å². The third-order valence-electron chi connectivity index (χ3n) is 1.80. The summed E-state index contributed by atoms with van der Waals surface area (Å²) in [6.45, 7) is 0.333. The van der Waals surface area contributed by atoms with Gasteiger partial charge < -0.3 is 0 Å². The molecule has 1 rings (SSSR count). The Kier molecular flexibility index (Phi) is 4.15. The lowest BCUT2D eigenvalue weighted by Gasteiger charge is -2.01. The zero-order chi connectivity index (χ0) is 11.3. The maximum Gasteiger partial charge on any atom is 0.270 e. The third-order valence-corrected chi connectivity index (χ3v) is 2.54. The van der Waals surface area contributed by atoms with Crippen LogP contribution in [-0.2, 0) is 11.2 Å². The first-order valence-corrected chi connectivity index (χ1v) is 4.91. The van der Waals surface area contributed by atoms with Crippen molar-refractivity contribution < 1.29 is 9.72 Å². The van der Waals surface area contributed by atoms with E-state index in [1.165, 1.54) is 18.2 Å². The van der Waals surface area contributed by atoms with E-state index in [0.29, 0.717) is 17.4 Å². The number of halogens is 1. The molecule has 0 aliphatic heterocycles. The molecule has 0 fully saturated rings. The van der Waals surface area contributed by atoms with Crippen LogP contribution >= 0.6 is 15.9 Å². The van der Waals surface area contributed by atoms with Crippen molar-refractivity contribution in [3.8, 4) is 0 Å². The fraction of sp³-hybridized carbons (Fsp3) is 0.222. The van der Waals surface area contributed by atoms with Gasteiger partial charge in [-0.15, -0.1) is 0 Å². The lowest BCUT2D eigenvalue weighted by molar-refractivity contribution is -0.384. The highest BCUT2D eigenvalue weighted by Gasteiger charge is 2.08. The van der Waals surface area contributed by atoms with E-state index in [0.717, 1.165) is 5.56 Å². The lowest BCUT2D eigenvalue weighted by atomic mass is 10.1. The Morgan fingerprint density at radius 1 is 1.53 bits per heavy atom. The van der Waals surface area contributed by atoms with Crippen LogP contribution in [0.1, 0.15) is 5.56 Å². The summed E-state index contributed by atoms with van der Waals surface area (Å²) in [6, 6.07) is 4.49. The minimum Gasteiger partial charge on any atom is -0.258 e. The first-order chi connectivity index (χ1) is 7.15. The number of isocyanates is 1. The Morgan fingerprint density at radius 3 is 2.80 bits per heavy atom. The number of nitro benzene ring substituents is 1. The third kappa shape index (κ3) is 3.27. The average Bonchev–Trinajstić information content (AvgIpc) is 2.20. The van der Waals surface area contributed by atoms with Gasteiger partial charge in [0.25, 0.3) is 5.69 Å². The second-order valence-electron chi connectivity index (χ2n) is 2.76. The van der Waals surface area contributed by atoms with Gasteiger partial charge in [0, 0.05) is 16.6 Å². The van der Waals surface area contributed by atoms with Crippen molar-refractivity contribution in [1.82, 2.24) is 0 Å². The Balaban J connectivity index is 2.83. The summed E-state index contributed by atoms with van der Waals surface area (Å²) in [4.78, 5) is 23.2. The van der Waals surface area contributed by atoms with Gasteiger partial charge in [-0.1, -0.05) is 22.0 Å². The van der Waals surface area contributed by atoms with Crippen molar-refractivity contribution in [3.63, 3.8) is 0 Å². The van der Waals surface area contributed by atoms with Crippen LogP contribution in [-0.4, -0.2) is 17.5 Å². The van der Waals surface area contributed by atoms with Crippen LogP contribution < -0.4 is 0 Å². The predicted molar refractivity (Wildman–Crippen MR) is 57.5 cm³/mol. The molecule has 0 N–H and O–H groups in total. The molecule has 0 spiro atoms. The van der Waals surface area contributed by atoms with Gasteiger partial charge in [-0.2, -0.15) is 0 Å². The molecule has 15 heavy (non-hydrogen) atoms. The molecular formula is C9H7BrN2O3. The molecule has 0 aliphatic rings. The Morgan fingerprint density at radius 2 is 2.27 bits per heavy atom. The number of nitro groups is 1. The van der Waals surface area contributed by atoms with Crippen LogP contribution in [0, 0.1) is 10.1 Å². The van der Waals surface area contributed by atoms with Gasteiger partial charge in [-0.25, -0.2) is 9.79 Å². The SMILES string of the molecule is O=C=NCCc1ccc([N+](=O)[O-])cc1Br. The van der Waals surface area contributed by atoms with Crippen LogP contribution in [0.5, 0.6) is 0 Å². The Bertz CT molecular complexity index is 427. The highest BCUT2D eigenvalue weighted by atomic mass is 79.9. The molecule has 0 aromatic heterocycles. The maximum atomic E-state index is 10.4.